The molecule has 0 spiro atoms. The molecule has 0 heterocycles. The van der Waals surface area contributed by atoms with Crippen LogP contribution in [0.3, 0.4) is 0 Å². The van der Waals surface area contributed by atoms with E-state index in [4.69, 9.17) is 11.6 Å². The zero-order valence-corrected chi connectivity index (χ0v) is 26.2. The highest BCUT2D eigenvalue weighted by molar-refractivity contribution is 7.92. The molecule has 1 N–H and O–H groups in total. The molecule has 0 aliphatic carbocycles. The zero-order chi connectivity index (χ0) is 30.3. The van der Waals surface area contributed by atoms with Crippen LogP contribution in [0.25, 0.3) is 0 Å². The fourth-order valence-electron chi connectivity index (χ4n) is 4.43. The van der Waals surface area contributed by atoms with Crippen LogP contribution in [0, 0.1) is 20.8 Å². The van der Waals surface area contributed by atoms with Gasteiger partial charge in [0.2, 0.25) is 11.8 Å². The summed E-state index contributed by atoms with van der Waals surface area (Å²) in [6.45, 7) is 11.0. The Morgan fingerprint density at radius 2 is 1.56 bits per heavy atom. The second-order valence-corrected chi connectivity index (χ2v) is 12.7. The van der Waals surface area contributed by atoms with Crippen molar-refractivity contribution < 1.29 is 18.0 Å². The van der Waals surface area contributed by atoms with Crippen molar-refractivity contribution in [3.05, 3.63) is 94.0 Å². The van der Waals surface area contributed by atoms with E-state index in [2.05, 4.69) is 5.32 Å². The topological polar surface area (TPSA) is 86.8 Å². The Balaban J connectivity index is 2.10. The van der Waals surface area contributed by atoms with Crippen LogP contribution in [-0.4, -0.2) is 43.8 Å². The summed E-state index contributed by atoms with van der Waals surface area (Å²) < 4.78 is 29.1. The fourth-order valence-corrected chi connectivity index (χ4v) is 6.02. The maximum atomic E-state index is 14.2. The molecule has 2 amide bonds. The molecule has 0 saturated heterocycles. The predicted molar refractivity (Wildman–Crippen MR) is 166 cm³/mol. The molecule has 0 bridgehead atoms. The van der Waals surface area contributed by atoms with Crippen LogP contribution in [0.4, 0.5) is 5.69 Å². The van der Waals surface area contributed by atoms with Crippen molar-refractivity contribution >= 4 is 39.1 Å². The van der Waals surface area contributed by atoms with Crippen LogP contribution in [0.15, 0.2) is 71.6 Å². The van der Waals surface area contributed by atoms with Crippen LogP contribution in [0.1, 0.15) is 55.9 Å². The van der Waals surface area contributed by atoms with Crippen molar-refractivity contribution in [3.8, 4) is 0 Å². The summed E-state index contributed by atoms with van der Waals surface area (Å²) in [5, 5.41) is 3.38. The Hall–Kier alpha value is -3.36. The van der Waals surface area contributed by atoms with Crippen LogP contribution >= 0.6 is 11.6 Å². The van der Waals surface area contributed by atoms with Gasteiger partial charge in [0, 0.05) is 17.6 Å². The molecule has 3 aromatic rings. The number of anilines is 1. The van der Waals surface area contributed by atoms with E-state index in [9.17, 15) is 18.0 Å². The van der Waals surface area contributed by atoms with E-state index in [1.807, 2.05) is 65.8 Å². The summed E-state index contributed by atoms with van der Waals surface area (Å²) >= 11 is 6.41. The molecule has 0 aliphatic rings. The Morgan fingerprint density at radius 3 is 2.15 bits per heavy atom. The lowest BCUT2D eigenvalue weighted by Crippen LogP contribution is -2.53. The lowest BCUT2D eigenvalue weighted by Gasteiger charge is -2.34. The molecule has 9 heteroatoms. The molecular formula is C32H40ClN3O4S. The molecule has 3 rings (SSSR count). The number of halogens is 1. The summed E-state index contributed by atoms with van der Waals surface area (Å²) in [5.41, 5.74) is 3.80. The summed E-state index contributed by atoms with van der Waals surface area (Å²) in [7, 11) is -4.16. The van der Waals surface area contributed by atoms with E-state index in [0.29, 0.717) is 11.4 Å². The molecule has 41 heavy (non-hydrogen) atoms. The Bertz CT molecular complexity index is 1470. The normalized spacial score (nSPS) is 12.9. The number of hydrogen-bond donors (Lipinski definition) is 1. The molecule has 0 saturated carbocycles. The SMILES string of the molecule is CC[C@@H](C)NC(=O)[C@H](CC)N(Cc1ccccc1C)C(=O)CN(c1ccc(C)c(Cl)c1)S(=O)(=O)c1ccc(C)cc1. The van der Waals surface area contributed by atoms with Gasteiger partial charge in [0.15, 0.2) is 0 Å². The lowest BCUT2D eigenvalue weighted by atomic mass is 10.1. The van der Waals surface area contributed by atoms with Crippen molar-refractivity contribution in [2.75, 3.05) is 10.8 Å². The first-order valence-electron chi connectivity index (χ1n) is 13.9. The van der Waals surface area contributed by atoms with Gasteiger partial charge in [0.05, 0.1) is 10.6 Å². The highest BCUT2D eigenvalue weighted by Gasteiger charge is 2.34. The minimum absolute atomic E-state index is 0.0552. The number of sulfonamides is 1. The van der Waals surface area contributed by atoms with Crippen molar-refractivity contribution in [1.82, 2.24) is 10.2 Å². The molecule has 220 valence electrons. The Morgan fingerprint density at radius 1 is 0.902 bits per heavy atom. The average molecular weight is 598 g/mol. The van der Waals surface area contributed by atoms with Crippen molar-refractivity contribution in [1.29, 1.82) is 0 Å². The van der Waals surface area contributed by atoms with Crippen LogP contribution in [0.5, 0.6) is 0 Å². The van der Waals surface area contributed by atoms with Gasteiger partial charge < -0.3 is 10.2 Å². The molecule has 0 unspecified atom stereocenters. The van der Waals surface area contributed by atoms with Gasteiger partial charge in [0.25, 0.3) is 10.0 Å². The lowest BCUT2D eigenvalue weighted by molar-refractivity contribution is -0.140. The maximum Gasteiger partial charge on any atom is 0.264 e. The summed E-state index contributed by atoms with van der Waals surface area (Å²) in [4.78, 5) is 29.1. The first-order chi connectivity index (χ1) is 19.4. The third-order valence-corrected chi connectivity index (χ3v) is 9.52. The van der Waals surface area contributed by atoms with E-state index >= 15 is 0 Å². The molecule has 0 radical (unpaired) electrons. The first kappa shape index (κ1) is 32.2. The fraction of sp³-hybridized carbons (Fsp3) is 0.375. The molecular weight excluding hydrogens is 558 g/mol. The monoisotopic (exact) mass is 597 g/mol. The summed E-state index contributed by atoms with van der Waals surface area (Å²) in [5.74, 6) is -0.762. The van der Waals surface area contributed by atoms with Crippen LogP contribution in [0.2, 0.25) is 5.02 Å². The first-order valence-corrected chi connectivity index (χ1v) is 15.7. The van der Waals surface area contributed by atoms with E-state index in [0.717, 1.165) is 33.0 Å². The van der Waals surface area contributed by atoms with Gasteiger partial charge in [-0.05, 0) is 81.5 Å². The number of nitrogens with zero attached hydrogens (tertiary/aromatic N) is 2. The number of carbonyl (C=O) groups is 2. The largest absolute Gasteiger partial charge is 0.352 e. The van der Waals surface area contributed by atoms with Gasteiger partial charge in [-0.2, -0.15) is 0 Å². The number of nitrogens with one attached hydrogen (secondary N) is 1. The van der Waals surface area contributed by atoms with Crippen molar-refractivity contribution in [2.24, 2.45) is 0 Å². The number of amides is 2. The van der Waals surface area contributed by atoms with Gasteiger partial charge >= 0.3 is 0 Å². The minimum Gasteiger partial charge on any atom is -0.352 e. The molecule has 0 fully saturated rings. The molecule has 7 nitrogen and oxygen atoms in total. The van der Waals surface area contributed by atoms with Crippen molar-refractivity contribution in [2.45, 2.75) is 77.9 Å². The van der Waals surface area contributed by atoms with E-state index in [1.54, 1.807) is 30.3 Å². The third kappa shape index (κ3) is 7.89. The van der Waals surface area contributed by atoms with Gasteiger partial charge in [-0.15, -0.1) is 0 Å². The minimum atomic E-state index is -4.16. The van der Waals surface area contributed by atoms with E-state index < -0.39 is 28.5 Å². The zero-order valence-electron chi connectivity index (χ0n) is 24.6. The highest BCUT2D eigenvalue weighted by Crippen LogP contribution is 2.29. The van der Waals surface area contributed by atoms with Gasteiger partial charge in [-0.1, -0.05) is 73.5 Å². The summed E-state index contributed by atoms with van der Waals surface area (Å²) in [6, 6.07) is 18.2. The number of carbonyl (C=O) groups excluding carboxylic acids is 2. The number of rotatable bonds is 12. The number of hydrogen-bond acceptors (Lipinski definition) is 4. The number of benzene rings is 3. The highest BCUT2D eigenvalue weighted by atomic mass is 35.5. The second-order valence-electron chi connectivity index (χ2n) is 10.4. The Labute approximate surface area is 249 Å². The second kappa shape index (κ2) is 14.0. The summed E-state index contributed by atoms with van der Waals surface area (Å²) in [6.07, 6.45) is 1.10. The maximum absolute atomic E-state index is 14.2. The molecule has 0 aromatic heterocycles. The number of aryl methyl sites for hydroxylation is 3. The van der Waals surface area contributed by atoms with Crippen LogP contribution < -0.4 is 9.62 Å². The van der Waals surface area contributed by atoms with Crippen LogP contribution in [-0.2, 0) is 26.2 Å². The predicted octanol–water partition coefficient (Wildman–Crippen LogP) is 6.18. The molecule has 0 aliphatic heterocycles. The van der Waals surface area contributed by atoms with Gasteiger partial charge in [-0.3, -0.25) is 13.9 Å². The van der Waals surface area contributed by atoms with E-state index in [-0.39, 0.29) is 29.1 Å². The molecule has 3 aromatic carbocycles. The van der Waals surface area contributed by atoms with Gasteiger partial charge in [0.1, 0.15) is 12.6 Å². The van der Waals surface area contributed by atoms with Crippen molar-refractivity contribution in [3.63, 3.8) is 0 Å². The quantitative estimate of drug-likeness (QED) is 0.270. The smallest absolute Gasteiger partial charge is 0.264 e. The third-order valence-electron chi connectivity index (χ3n) is 7.32. The average Bonchev–Trinajstić information content (AvgIpc) is 2.94. The van der Waals surface area contributed by atoms with Gasteiger partial charge in [-0.25, -0.2) is 8.42 Å². The van der Waals surface area contributed by atoms with E-state index in [1.165, 1.54) is 17.0 Å². The molecule has 2 atom stereocenters. The standard InChI is InChI=1S/C32H40ClN3O4S/c1-7-25(6)34-32(38)30(8-2)35(20-26-12-10-9-11-23(26)4)31(37)21-36(27-16-15-24(5)29(33)19-27)41(39,40)28-17-13-22(3)14-18-28/h9-19,25,30H,7-8,20-21H2,1-6H3,(H,34,38)/t25-,30+/m1/s1. The Kier molecular flexibility index (Phi) is 11.0.